The lowest BCUT2D eigenvalue weighted by atomic mass is 10.2. The van der Waals surface area contributed by atoms with E-state index in [0.29, 0.717) is 5.69 Å². The quantitative estimate of drug-likeness (QED) is 0.630. The topological polar surface area (TPSA) is 62.0 Å². The summed E-state index contributed by atoms with van der Waals surface area (Å²) in [7, 11) is 0. The molecule has 0 aliphatic heterocycles. The van der Waals surface area contributed by atoms with Gasteiger partial charge in [0.25, 0.3) is 0 Å². The zero-order valence-corrected chi connectivity index (χ0v) is 13.1. The Balaban J connectivity index is 1.90. The first kappa shape index (κ1) is 13.9. The molecular formula is C15H12N2O2S2. The molecule has 0 amide bonds. The van der Waals surface area contributed by atoms with E-state index >= 15 is 0 Å². The van der Waals surface area contributed by atoms with Crippen LogP contribution in [-0.4, -0.2) is 11.1 Å². The predicted molar refractivity (Wildman–Crippen MR) is 86.8 cm³/mol. The van der Waals surface area contributed by atoms with Gasteiger partial charge in [-0.3, -0.25) is 0 Å². The SMILES string of the molecule is Cc1csc2sc(N=Nc3ccc(C(=O)O)cc3)c(C)c12. The van der Waals surface area contributed by atoms with Gasteiger partial charge in [-0.15, -0.1) is 32.9 Å². The highest BCUT2D eigenvalue weighted by Crippen LogP contribution is 2.42. The van der Waals surface area contributed by atoms with Crippen molar-refractivity contribution in [2.75, 3.05) is 0 Å². The van der Waals surface area contributed by atoms with E-state index in [1.165, 1.54) is 27.1 Å². The average molecular weight is 316 g/mol. The van der Waals surface area contributed by atoms with Crippen LogP contribution in [0.5, 0.6) is 0 Å². The number of aryl methyl sites for hydroxylation is 2. The van der Waals surface area contributed by atoms with Crippen molar-refractivity contribution in [2.24, 2.45) is 10.2 Å². The Morgan fingerprint density at radius 2 is 1.86 bits per heavy atom. The minimum atomic E-state index is -0.941. The molecule has 6 heteroatoms. The molecule has 1 aromatic carbocycles. The van der Waals surface area contributed by atoms with Gasteiger partial charge < -0.3 is 5.11 Å². The van der Waals surface area contributed by atoms with Gasteiger partial charge in [0.1, 0.15) is 5.00 Å². The molecule has 0 unspecified atom stereocenters. The number of fused-ring (bicyclic) bond motifs is 1. The summed E-state index contributed by atoms with van der Waals surface area (Å²) < 4.78 is 1.26. The summed E-state index contributed by atoms with van der Waals surface area (Å²) >= 11 is 3.36. The van der Waals surface area contributed by atoms with Gasteiger partial charge in [-0.2, -0.15) is 0 Å². The van der Waals surface area contributed by atoms with Crippen LogP contribution < -0.4 is 0 Å². The standard InChI is InChI=1S/C15H12N2O2S2/c1-8-7-20-15-12(8)9(2)13(21-15)17-16-11-5-3-10(4-6-11)14(18)19/h3-7H,1-2H3,(H,18,19). The van der Waals surface area contributed by atoms with E-state index in [1.807, 2.05) is 0 Å². The van der Waals surface area contributed by atoms with E-state index in [-0.39, 0.29) is 5.56 Å². The highest BCUT2D eigenvalue weighted by Gasteiger charge is 2.11. The molecular weight excluding hydrogens is 304 g/mol. The Labute approximate surface area is 129 Å². The maximum absolute atomic E-state index is 10.8. The molecule has 3 rings (SSSR count). The summed E-state index contributed by atoms with van der Waals surface area (Å²) in [5.74, 6) is -0.941. The van der Waals surface area contributed by atoms with Gasteiger partial charge in [-0.05, 0) is 54.6 Å². The van der Waals surface area contributed by atoms with Crippen LogP contribution in [0.1, 0.15) is 21.5 Å². The first-order valence-electron chi connectivity index (χ1n) is 6.28. The number of carbonyl (C=O) groups is 1. The van der Waals surface area contributed by atoms with Gasteiger partial charge in [0.2, 0.25) is 0 Å². The summed E-state index contributed by atoms with van der Waals surface area (Å²) in [4.78, 5) is 10.8. The summed E-state index contributed by atoms with van der Waals surface area (Å²) in [5, 5.41) is 21.7. The maximum Gasteiger partial charge on any atom is 0.335 e. The van der Waals surface area contributed by atoms with E-state index in [0.717, 1.165) is 10.6 Å². The molecule has 0 saturated carbocycles. The molecule has 0 saturated heterocycles. The van der Waals surface area contributed by atoms with Crippen LogP contribution in [0.15, 0.2) is 39.9 Å². The molecule has 2 aromatic heterocycles. The van der Waals surface area contributed by atoms with E-state index < -0.39 is 5.97 Å². The van der Waals surface area contributed by atoms with Crippen molar-refractivity contribution in [2.45, 2.75) is 13.8 Å². The second-order valence-electron chi connectivity index (χ2n) is 4.67. The van der Waals surface area contributed by atoms with Crippen LogP contribution in [-0.2, 0) is 0 Å². The summed E-state index contributed by atoms with van der Waals surface area (Å²) in [5.41, 5.74) is 3.32. The summed E-state index contributed by atoms with van der Waals surface area (Å²) in [6, 6.07) is 6.37. The van der Waals surface area contributed by atoms with Gasteiger partial charge in [-0.1, -0.05) is 0 Å². The van der Waals surface area contributed by atoms with Gasteiger partial charge in [-0.25, -0.2) is 4.79 Å². The van der Waals surface area contributed by atoms with Crippen molar-refractivity contribution in [1.82, 2.24) is 0 Å². The lowest BCUT2D eigenvalue weighted by molar-refractivity contribution is 0.0697. The largest absolute Gasteiger partial charge is 0.478 e. The fourth-order valence-corrected chi connectivity index (χ4v) is 4.42. The summed E-state index contributed by atoms with van der Waals surface area (Å²) in [6.45, 7) is 4.16. The Hall–Kier alpha value is -2.05. The molecule has 2 heterocycles. The first-order valence-corrected chi connectivity index (χ1v) is 7.98. The van der Waals surface area contributed by atoms with Crippen LogP contribution in [0.2, 0.25) is 0 Å². The van der Waals surface area contributed by atoms with E-state index in [1.54, 1.807) is 34.8 Å². The number of rotatable bonds is 3. The van der Waals surface area contributed by atoms with Crippen molar-refractivity contribution in [3.63, 3.8) is 0 Å². The third-order valence-electron chi connectivity index (χ3n) is 3.20. The number of carboxylic acids is 1. The van der Waals surface area contributed by atoms with Crippen LogP contribution in [0.4, 0.5) is 10.7 Å². The van der Waals surface area contributed by atoms with Gasteiger partial charge >= 0.3 is 5.97 Å². The number of nitrogens with zero attached hydrogens (tertiary/aromatic N) is 2. The number of aromatic carboxylic acids is 1. The first-order chi connectivity index (χ1) is 10.1. The second kappa shape index (κ2) is 5.38. The van der Waals surface area contributed by atoms with Crippen LogP contribution in [0.25, 0.3) is 9.40 Å². The molecule has 0 aliphatic rings. The van der Waals surface area contributed by atoms with E-state index in [9.17, 15) is 4.79 Å². The number of hydrogen-bond donors (Lipinski definition) is 1. The Morgan fingerprint density at radius 3 is 2.48 bits per heavy atom. The van der Waals surface area contributed by atoms with E-state index in [2.05, 4.69) is 29.5 Å². The minimum Gasteiger partial charge on any atom is -0.478 e. The molecule has 0 aliphatic carbocycles. The number of azo groups is 1. The van der Waals surface area contributed by atoms with Crippen molar-refractivity contribution in [3.05, 3.63) is 46.3 Å². The monoisotopic (exact) mass is 316 g/mol. The van der Waals surface area contributed by atoms with Crippen molar-refractivity contribution in [3.8, 4) is 0 Å². The number of thiophene rings is 2. The Morgan fingerprint density at radius 1 is 1.14 bits per heavy atom. The highest BCUT2D eigenvalue weighted by molar-refractivity contribution is 7.39. The molecule has 0 bridgehead atoms. The highest BCUT2D eigenvalue weighted by atomic mass is 32.2. The normalized spacial score (nSPS) is 11.5. The molecule has 21 heavy (non-hydrogen) atoms. The molecule has 4 nitrogen and oxygen atoms in total. The lowest BCUT2D eigenvalue weighted by Gasteiger charge is -1.95. The second-order valence-corrected chi connectivity index (χ2v) is 6.80. The smallest absolute Gasteiger partial charge is 0.335 e. The third-order valence-corrected chi connectivity index (χ3v) is 5.60. The number of benzene rings is 1. The third kappa shape index (κ3) is 2.59. The number of carboxylic acid groups (broad SMARTS) is 1. The van der Waals surface area contributed by atoms with Crippen LogP contribution in [0.3, 0.4) is 0 Å². The Kier molecular flexibility index (Phi) is 3.57. The van der Waals surface area contributed by atoms with Gasteiger partial charge in [0.05, 0.1) is 15.3 Å². The summed E-state index contributed by atoms with van der Waals surface area (Å²) in [6.07, 6.45) is 0. The van der Waals surface area contributed by atoms with Crippen molar-refractivity contribution < 1.29 is 9.90 Å². The maximum atomic E-state index is 10.8. The molecule has 1 N–H and O–H groups in total. The molecule has 0 radical (unpaired) electrons. The lowest BCUT2D eigenvalue weighted by Crippen LogP contribution is -1.93. The number of hydrogen-bond acceptors (Lipinski definition) is 5. The zero-order valence-electron chi connectivity index (χ0n) is 11.5. The predicted octanol–water partition coefficient (Wildman–Crippen LogP) is 5.69. The van der Waals surface area contributed by atoms with Gasteiger partial charge in [0.15, 0.2) is 0 Å². The van der Waals surface area contributed by atoms with Crippen molar-refractivity contribution >= 4 is 48.7 Å². The molecule has 3 aromatic rings. The van der Waals surface area contributed by atoms with Gasteiger partial charge in [0, 0.05) is 5.39 Å². The fourth-order valence-electron chi connectivity index (χ4n) is 2.09. The van der Waals surface area contributed by atoms with Crippen molar-refractivity contribution in [1.29, 1.82) is 0 Å². The van der Waals surface area contributed by atoms with E-state index in [4.69, 9.17) is 5.11 Å². The average Bonchev–Trinajstić information content (AvgIpc) is 2.98. The van der Waals surface area contributed by atoms with Crippen LogP contribution >= 0.6 is 22.7 Å². The Bertz CT molecular complexity index is 845. The van der Waals surface area contributed by atoms with Crippen LogP contribution in [0, 0.1) is 13.8 Å². The molecule has 106 valence electrons. The fraction of sp³-hybridized carbons (Fsp3) is 0.133. The molecule has 0 spiro atoms. The molecule has 0 atom stereocenters. The zero-order chi connectivity index (χ0) is 15.0. The molecule has 0 fully saturated rings. The minimum absolute atomic E-state index is 0.248.